The van der Waals surface area contributed by atoms with Crippen LogP contribution in [-0.2, 0) is 11.0 Å². The normalized spacial score (nSPS) is 26.3. The van der Waals surface area contributed by atoms with Crippen molar-refractivity contribution in [1.29, 1.82) is 0 Å². The molecule has 2 heteroatoms. The standard InChI is InChI=1S/C21H23OP/c1-21(2,3)18-14-23(22,16-10-5-4-6-11-16)19-13-15-9-7-8-12-17(15)20(18)19/h4-12,18H,13-14H2,1-3H3. The number of hydrogen-bond donors (Lipinski definition) is 0. The molecule has 23 heavy (non-hydrogen) atoms. The first-order valence-electron chi connectivity index (χ1n) is 8.38. The van der Waals surface area contributed by atoms with Crippen LogP contribution in [0.5, 0.6) is 0 Å². The molecule has 2 atom stereocenters. The summed E-state index contributed by atoms with van der Waals surface area (Å²) in [7, 11) is -2.48. The number of rotatable bonds is 1. The van der Waals surface area contributed by atoms with E-state index >= 15 is 0 Å². The Bertz CT molecular complexity index is 840. The van der Waals surface area contributed by atoms with Crippen LogP contribution < -0.4 is 5.30 Å². The maximum atomic E-state index is 14.1. The molecule has 118 valence electrons. The van der Waals surface area contributed by atoms with Crippen molar-refractivity contribution in [2.24, 2.45) is 11.3 Å². The highest BCUT2D eigenvalue weighted by Crippen LogP contribution is 2.69. The van der Waals surface area contributed by atoms with E-state index in [1.165, 1.54) is 22.0 Å². The van der Waals surface area contributed by atoms with Gasteiger partial charge in [0, 0.05) is 23.2 Å². The van der Waals surface area contributed by atoms with E-state index in [4.69, 9.17) is 0 Å². The highest BCUT2D eigenvalue weighted by Gasteiger charge is 2.49. The summed E-state index contributed by atoms with van der Waals surface area (Å²) in [6, 6.07) is 18.8. The molecule has 0 spiro atoms. The van der Waals surface area contributed by atoms with Crippen molar-refractivity contribution in [1.82, 2.24) is 0 Å². The molecule has 1 aliphatic carbocycles. The summed E-state index contributed by atoms with van der Waals surface area (Å²) in [6.07, 6.45) is 1.66. The van der Waals surface area contributed by atoms with E-state index in [9.17, 15) is 4.57 Å². The maximum Gasteiger partial charge on any atom is 0.140 e. The first-order chi connectivity index (χ1) is 10.9. The number of allylic oxidation sites excluding steroid dienone is 2. The van der Waals surface area contributed by atoms with Gasteiger partial charge in [-0.1, -0.05) is 75.4 Å². The Morgan fingerprint density at radius 3 is 2.30 bits per heavy atom. The molecule has 0 saturated heterocycles. The molecule has 0 N–H and O–H groups in total. The van der Waals surface area contributed by atoms with Crippen LogP contribution in [0.25, 0.3) is 5.57 Å². The fourth-order valence-electron chi connectivity index (χ4n) is 4.17. The average Bonchev–Trinajstić information content (AvgIpc) is 3.05. The van der Waals surface area contributed by atoms with Gasteiger partial charge in [-0.05, 0) is 28.0 Å². The van der Waals surface area contributed by atoms with Crippen molar-refractivity contribution < 1.29 is 4.57 Å². The van der Waals surface area contributed by atoms with Gasteiger partial charge in [-0.25, -0.2) is 0 Å². The van der Waals surface area contributed by atoms with Gasteiger partial charge in [0.2, 0.25) is 0 Å². The molecule has 4 rings (SSSR count). The lowest BCUT2D eigenvalue weighted by Crippen LogP contribution is -2.23. The zero-order chi connectivity index (χ0) is 16.2. The summed E-state index contributed by atoms with van der Waals surface area (Å²) >= 11 is 0. The smallest absolute Gasteiger partial charge is 0.140 e. The lowest BCUT2D eigenvalue weighted by Gasteiger charge is -2.30. The highest BCUT2D eigenvalue weighted by atomic mass is 31.2. The molecule has 0 amide bonds. The van der Waals surface area contributed by atoms with Crippen molar-refractivity contribution in [2.45, 2.75) is 27.2 Å². The predicted molar refractivity (Wildman–Crippen MR) is 98.6 cm³/mol. The molecular weight excluding hydrogens is 299 g/mol. The summed E-state index contributed by atoms with van der Waals surface area (Å²) < 4.78 is 14.1. The second-order valence-corrected chi connectivity index (χ2v) is 10.8. The lowest BCUT2D eigenvalue weighted by atomic mass is 9.76. The third kappa shape index (κ3) is 2.17. The van der Waals surface area contributed by atoms with Gasteiger partial charge >= 0.3 is 0 Å². The summed E-state index contributed by atoms with van der Waals surface area (Å²) in [6.45, 7) is 6.84. The van der Waals surface area contributed by atoms with Crippen LogP contribution in [0.1, 0.15) is 31.9 Å². The van der Waals surface area contributed by atoms with E-state index in [0.29, 0.717) is 5.92 Å². The number of hydrogen-bond acceptors (Lipinski definition) is 1. The second kappa shape index (κ2) is 4.95. The third-order valence-corrected chi connectivity index (χ3v) is 8.70. The molecule has 0 fully saturated rings. The van der Waals surface area contributed by atoms with Crippen molar-refractivity contribution in [3.05, 3.63) is 71.0 Å². The summed E-state index contributed by atoms with van der Waals surface area (Å²) in [5, 5.41) is 2.26. The zero-order valence-corrected chi connectivity index (χ0v) is 14.9. The van der Waals surface area contributed by atoms with Crippen molar-refractivity contribution in [3.8, 4) is 0 Å². The van der Waals surface area contributed by atoms with Crippen LogP contribution in [0.2, 0.25) is 0 Å². The molecule has 1 aliphatic heterocycles. The Morgan fingerprint density at radius 1 is 0.957 bits per heavy atom. The fourth-order valence-corrected chi connectivity index (χ4v) is 7.91. The molecule has 0 bridgehead atoms. The predicted octanol–water partition coefficient (Wildman–Crippen LogP) is 5.32. The Kier molecular flexibility index (Phi) is 3.22. The van der Waals surface area contributed by atoms with Crippen LogP contribution in [0.15, 0.2) is 59.9 Å². The minimum absolute atomic E-state index is 0.124. The van der Waals surface area contributed by atoms with E-state index in [1.54, 1.807) is 0 Å². The van der Waals surface area contributed by atoms with Crippen molar-refractivity contribution in [3.63, 3.8) is 0 Å². The van der Waals surface area contributed by atoms with Gasteiger partial charge in [0.25, 0.3) is 0 Å². The molecule has 0 radical (unpaired) electrons. The first-order valence-corrected chi connectivity index (χ1v) is 10.3. The molecular formula is C21H23OP. The van der Waals surface area contributed by atoms with E-state index in [2.05, 4.69) is 57.2 Å². The Labute approximate surface area is 138 Å². The topological polar surface area (TPSA) is 17.1 Å². The van der Waals surface area contributed by atoms with Crippen LogP contribution in [0, 0.1) is 11.3 Å². The SMILES string of the molecule is CC(C)(C)C1CP(=O)(c2ccccc2)C2=C1c1ccccc1C2. The van der Waals surface area contributed by atoms with Gasteiger partial charge in [-0.3, -0.25) is 0 Å². The van der Waals surface area contributed by atoms with Crippen LogP contribution in [-0.4, -0.2) is 6.16 Å². The van der Waals surface area contributed by atoms with E-state index in [0.717, 1.165) is 17.9 Å². The third-order valence-electron chi connectivity index (χ3n) is 5.42. The Hall–Kier alpha value is -1.59. The number of fused-ring (bicyclic) bond motifs is 2. The van der Waals surface area contributed by atoms with Crippen molar-refractivity contribution in [2.75, 3.05) is 6.16 Å². The molecule has 2 aliphatic rings. The van der Waals surface area contributed by atoms with Crippen LogP contribution >= 0.6 is 7.14 Å². The molecule has 2 unspecified atom stereocenters. The van der Waals surface area contributed by atoms with Crippen LogP contribution in [0.3, 0.4) is 0 Å². The average molecular weight is 322 g/mol. The molecule has 1 nitrogen and oxygen atoms in total. The second-order valence-electron chi connectivity index (χ2n) is 7.87. The summed E-state index contributed by atoms with van der Waals surface area (Å²) in [5.41, 5.74) is 4.21. The minimum Gasteiger partial charge on any atom is -0.314 e. The Morgan fingerprint density at radius 2 is 1.61 bits per heavy atom. The summed E-state index contributed by atoms with van der Waals surface area (Å²) in [4.78, 5) is 0. The van der Waals surface area contributed by atoms with Gasteiger partial charge in [0.05, 0.1) is 0 Å². The molecule has 1 heterocycles. The van der Waals surface area contributed by atoms with E-state index < -0.39 is 7.14 Å². The quantitative estimate of drug-likeness (QED) is 0.650. The largest absolute Gasteiger partial charge is 0.314 e. The minimum atomic E-state index is -2.48. The van der Waals surface area contributed by atoms with Gasteiger partial charge in [0.15, 0.2) is 0 Å². The van der Waals surface area contributed by atoms with Gasteiger partial charge in [-0.2, -0.15) is 0 Å². The maximum absolute atomic E-state index is 14.1. The van der Waals surface area contributed by atoms with Crippen LogP contribution in [0.4, 0.5) is 0 Å². The van der Waals surface area contributed by atoms with E-state index in [1.807, 2.05) is 18.2 Å². The lowest BCUT2D eigenvalue weighted by molar-refractivity contribution is 0.328. The van der Waals surface area contributed by atoms with Gasteiger partial charge < -0.3 is 4.57 Å². The van der Waals surface area contributed by atoms with Gasteiger partial charge in [-0.15, -0.1) is 0 Å². The zero-order valence-electron chi connectivity index (χ0n) is 14.0. The highest BCUT2D eigenvalue weighted by molar-refractivity contribution is 7.76. The van der Waals surface area contributed by atoms with Crippen molar-refractivity contribution >= 4 is 18.0 Å². The molecule has 2 aromatic rings. The van der Waals surface area contributed by atoms with Gasteiger partial charge in [0.1, 0.15) is 7.14 Å². The fraction of sp³-hybridized carbons (Fsp3) is 0.333. The molecule has 0 aromatic heterocycles. The first kappa shape index (κ1) is 15.0. The number of benzene rings is 2. The monoisotopic (exact) mass is 322 g/mol. The summed E-state index contributed by atoms with van der Waals surface area (Å²) in [5.74, 6) is 0.368. The molecule has 2 aromatic carbocycles. The molecule has 0 saturated carbocycles. The van der Waals surface area contributed by atoms with E-state index in [-0.39, 0.29) is 5.41 Å². The Balaban J connectivity index is 1.93.